The number of carbonyl (C=O) groups is 1. The van der Waals surface area contributed by atoms with Gasteiger partial charge in [-0.25, -0.2) is 4.39 Å². The van der Waals surface area contributed by atoms with Crippen molar-refractivity contribution >= 4 is 33.4 Å². The average Bonchev–Trinajstić information content (AvgIpc) is 2.50. The lowest BCUT2D eigenvalue weighted by molar-refractivity contribution is 0.102. The Hall–Kier alpha value is -2.41. The zero-order chi connectivity index (χ0) is 15.4. The van der Waals surface area contributed by atoms with Gasteiger partial charge in [-0.3, -0.25) is 4.79 Å². The van der Waals surface area contributed by atoms with Gasteiger partial charge in [-0.05, 0) is 46.3 Å². The number of nitrogens with zero attached hydrogens (tertiary/aromatic N) is 1. The van der Waals surface area contributed by atoms with Gasteiger partial charge in [0.05, 0.1) is 4.47 Å². The number of benzene rings is 2. The Bertz CT molecular complexity index is 702. The molecule has 4 N–H and O–H groups in total. The van der Waals surface area contributed by atoms with Crippen molar-refractivity contribution in [2.45, 2.75) is 0 Å². The fourth-order valence-corrected chi connectivity index (χ4v) is 2.01. The van der Waals surface area contributed by atoms with Gasteiger partial charge in [0, 0.05) is 16.8 Å². The van der Waals surface area contributed by atoms with Crippen molar-refractivity contribution in [1.82, 2.24) is 0 Å². The van der Waals surface area contributed by atoms with Crippen LogP contribution in [0, 0.1) is 5.82 Å². The molecule has 0 heterocycles. The predicted octanol–water partition coefficient (Wildman–Crippen LogP) is 2.94. The molecule has 0 radical (unpaired) electrons. The first-order valence-electron chi connectivity index (χ1n) is 5.85. The van der Waals surface area contributed by atoms with Crippen LogP contribution in [0.25, 0.3) is 0 Å². The zero-order valence-electron chi connectivity index (χ0n) is 10.7. The maximum Gasteiger partial charge on any atom is 0.255 e. The summed E-state index contributed by atoms with van der Waals surface area (Å²) in [4.78, 5) is 12.0. The molecule has 0 saturated carbocycles. The second kappa shape index (κ2) is 6.36. The highest BCUT2D eigenvalue weighted by atomic mass is 79.9. The van der Waals surface area contributed by atoms with Crippen LogP contribution < -0.4 is 11.1 Å². The van der Waals surface area contributed by atoms with Crippen LogP contribution in [-0.4, -0.2) is 17.0 Å². The van der Waals surface area contributed by atoms with Crippen LogP contribution in [0.3, 0.4) is 0 Å². The topological polar surface area (TPSA) is 87.7 Å². The number of nitrogens with two attached hydrogens (primary N) is 1. The van der Waals surface area contributed by atoms with Crippen LogP contribution in [0.1, 0.15) is 15.9 Å². The maximum absolute atomic E-state index is 13.1. The summed E-state index contributed by atoms with van der Waals surface area (Å²) >= 11 is 3.05. The molecule has 21 heavy (non-hydrogen) atoms. The van der Waals surface area contributed by atoms with Crippen molar-refractivity contribution in [2.75, 3.05) is 5.32 Å². The molecule has 2 rings (SSSR count). The summed E-state index contributed by atoms with van der Waals surface area (Å²) in [6, 6.07) is 10.4. The molecule has 108 valence electrons. The highest BCUT2D eigenvalue weighted by molar-refractivity contribution is 9.10. The minimum atomic E-state index is -0.406. The number of anilines is 1. The molecular weight excluding hydrogens is 341 g/mol. The quantitative estimate of drug-likeness (QED) is 0.344. The minimum absolute atomic E-state index is 0.0376. The van der Waals surface area contributed by atoms with E-state index in [9.17, 15) is 9.18 Å². The average molecular weight is 352 g/mol. The molecule has 1 amide bonds. The summed E-state index contributed by atoms with van der Waals surface area (Å²) in [7, 11) is 0. The fraction of sp³-hybridized carbons (Fsp3) is 0. The van der Waals surface area contributed by atoms with Crippen molar-refractivity contribution in [1.29, 1.82) is 0 Å². The molecule has 7 heteroatoms. The number of amides is 1. The molecule has 0 spiro atoms. The third-order valence-corrected chi connectivity index (χ3v) is 3.34. The SMILES string of the molecule is N/C(=N/O)c1ccc(C(=O)Nc2ccc(F)c(Br)c2)cc1. The molecule has 0 saturated heterocycles. The summed E-state index contributed by atoms with van der Waals surface area (Å²) in [5.74, 6) is -0.792. The van der Waals surface area contributed by atoms with Crippen LogP contribution in [0.5, 0.6) is 0 Å². The van der Waals surface area contributed by atoms with E-state index in [1.54, 1.807) is 24.3 Å². The van der Waals surface area contributed by atoms with Crippen LogP contribution in [0.4, 0.5) is 10.1 Å². The van der Waals surface area contributed by atoms with Crippen LogP contribution in [-0.2, 0) is 0 Å². The highest BCUT2D eigenvalue weighted by Crippen LogP contribution is 2.20. The first-order chi connectivity index (χ1) is 10.0. The molecule has 0 bridgehead atoms. The molecule has 0 fully saturated rings. The van der Waals surface area contributed by atoms with Crippen molar-refractivity contribution in [2.24, 2.45) is 10.9 Å². The van der Waals surface area contributed by atoms with Gasteiger partial charge in [0.25, 0.3) is 5.91 Å². The monoisotopic (exact) mass is 351 g/mol. The molecular formula is C14H11BrFN3O2. The lowest BCUT2D eigenvalue weighted by Crippen LogP contribution is -2.15. The Morgan fingerprint density at radius 1 is 1.19 bits per heavy atom. The molecule has 5 nitrogen and oxygen atoms in total. The zero-order valence-corrected chi connectivity index (χ0v) is 12.3. The van der Waals surface area contributed by atoms with E-state index in [1.165, 1.54) is 18.2 Å². The van der Waals surface area contributed by atoms with Crippen LogP contribution in [0.2, 0.25) is 0 Å². The van der Waals surface area contributed by atoms with Gasteiger partial charge in [-0.15, -0.1) is 0 Å². The second-order valence-corrected chi connectivity index (χ2v) is 5.00. The van der Waals surface area contributed by atoms with Crippen molar-refractivity contribution < 1.29 is 14.4 Å². The van der Waals surface area contributed by atoms with Crippen molar-refractivity contribution in [3.05, 3.63) is 63.9 Å². The molecule has 0 unspecified atom stereocenters. The van der Waals surface area contributed by atoms with Gasteiger partial charge >= 0.3 is 0 Å². The minimum Gasteiger partial charge on any atom is -0.409 e. The standard InChI is InChI=1S/C14H11BrFN3O2/c15-11-7-10(5-6-12(11)16)18-14(20)9-3-1-8(2-4-9)13(17)19-21/h1-7,21H,(H2,17,19)(H,18,20). The molecule has 2 aromatic carbocycles. The Morgan fingerprint density at radius 2 is 1.81 bits per heavy atom. The summed E-state index contributed by atoms with van der Waals surface area (Å²) < 4.78 is 13.4. The number of hydrogen-bond donors (Lipinski definition) is 3. The van der Waals surface area contributed by atoms with Gasteiger partial charge in [-0.2, -0.15) is 0 Å². The van der Waals surface area contributed by atoms with Crippen LogP contribution >= 0.6 is 15.9 Å². The first kappa shape index (κ1) is 15.0. The fourth-order valence-electron chi connectivity index (χ4n) is 1.63. The smallest absolute Gasteiger partial charge is 0.255 e. The highest BCUT2D eigenvalue weighted by Gasteiger charge is 2.08. The maximum atomic E-state index is 13.1. The van der Waals surface area contributed by atoms with E-state index in [-0.39, 0.29) is 16.2 Å². The first-order valence-corrected chi connectivity index (χ1v) is 6.65. The largest absolute Gasteiger partial charge is 0.409 e. The van der Waals surface area contributed by atoms with Crippen molar-refractivity contribution in [3.63, 3.8) is 0 Å². The predicted molar refractivity (Wildman–Crippen MR) is 81.0 cm³/mol. The molecule has 0 aliphatic rings. The molecule has 2 aromatic rings. The van der Waals surface area contributed by atoms with E-state index < -0.39 is 5.82 Å². The number of amidine groups is 1. The van der Waals surface area contributed by atoms with E-state index in [2.05, 4.69) is 26.4 Å². The number of nitrogens with one attached hydrogen (secondary N) is 1. The molecule has 0 aromatic heterocycles. The van der Waals surface area contributed by atoms with Crippen LogP contribution in [0.15, 0.2) is 52.1 Å². The Kier molecular flexibility index (Phi) is 4.54. The summed E-state index contributed by atoms with van der Waals surface area (Å²) in [5, 5.41) is 14.1. The third kappa shape index (κ3) is 3.57. The van der Waals surface area contributed by atoms with Gasteiger partial charge in [0.1, 0.15) is 5.82 Å². The van der Waals surface area contributed by atoms with E-state index in [4.69, 9.17) is 10.9 Å². The van der Waals surface area contributed by atoms with E-state index in [0.29, 0.717) is 16.8 Å². The number of carbonyl (C=O) groups excluding carboxylic acids is 1. The third-order valence-electron chi connectivity index (χ3n) is 2.73. The number of rotatable bonds is 3. The Labute approximate surface area is 128 Å². The van der Waals surface area contributed by atoms with Gasteiger partial charge in [0.2, 0.25) is 0 Å². The second-order valence-electron chi connectivity index (χ2n) is 4.15. The lowest BCUT2D eigenvalue weighted by atomic mass is 10.1. The normalized spacial score (nSPS) is 11.2. The molecule has 0 aliphatic carbocycles. The van der Waals surface area contributed by atoms with E-state index in [0.717, 1.165) is 0 Å². The molecule has 0 atom stereocenters. The number of halogens is 2. The van der Waals surface area contributed by atoms with E-state index in [1.807, 2.05) is 0 Å². The van der Waals surface area contributed by atoms with Gasteiger partial charge < -0.3 is 16.3 Å². The number of oxime groups is 1. The van der Waals surface area contributed by atoms with Gasteiger partial charge in [-0.1, -0.05) is 17.3 Å². The number of hydrogen-bond acceptors (Lipinski definition) is 3. The van der Waals surface area contributed by atoms with Crippen molar-refractivity contribution in [3.8, 4) is 0 Å². The Morgan fingerprint density at radius 3 is 2.38 bits per heavy atom. The summed E-state index contributed by atoms with van der Waals surface area (Å²) in [6.45, 7) is 0. The lowest BCUT2D eigenvalue weighted by Gasteiger charge is -2.07. The van der Waals surface area contributed by atoms with E-state index >= 15 is 0 Å². The molecule has 0 aliphatic heterocycles. The summed E-state index contributed by atoms with van der Waals surface area (Å²) in [6.07, 6.45) is 0. The Balaban J connectivity index is 2.14. The van der Waals surface area contributed by atoms with Gasteiger partial charge in [0.15, 0.2) is 5.84 Å². The summed E-state index contributed by atoms with van der Waals surface area (Å²) in [5.41, 5.74) is 6.79.